The van der Waals surface area contributed by atoms with Crippen LogP contribution >= 0.6 is 0 Å². The van der Waals surface area contributed by atoms with E-state index in [2.05, 4.69) is 125 Å². The van der Waals surface area contributed by atoms with Gasteiger partial charge in [-0.15, -0.1) is 0 Å². The molecule has 40 heavy (non-hydrogen) atoms. The predicted molar refractivity (Wildman–Crippen MR) is 184 cm³/mol. The minimum absolute atomic E-state index is 0.282. The summed E-state index contributed by atoms with van der Waals surface area (Å²) in [6.07, 6.45) is 10.6. The first-order valence-corrected chi connectivity index (χ1v) is 18.4. The molecule has 0 aromatic heterocycles. The fourth-order valence-corrected chi connectivity index (χ4v) is 12.0. The summed E-state index contributed by atoms with van der Waals surface area (Å²) in [5.41, 5.74) is 1.17. The van der Waals surface area contributed by atoms with Gasteiger partial charge in [-0.05, 0) is 87.3 Å². The lowest BCUT2D eigenvalue weighted by atomic mass is 9.44. The SMILES string of the molecule is CCC1C(C)CC(CC)C(C)(C)C(C)(C(C)C)C(CC)C(C)C(CC)C(CC)C(C)(C)C(C)(C)C(CC)C1CC. The van der Waals surface area contributed by atoms with Crippen molar-refractivity contribution in [3.05, 3.63) is 0 Å². The summed E-state index contributed by atoms with van der Waals surface area (Å²) >= 11 is 0. The van der Waals surface area contributed by atoms with Gasteiger partial charge < -0.3 is 0 Å². The maximum absolute atomic E-state index is 2.74. The Morgan fingerprint density at radius 3 is 1.23 bits per heavy atom. The highest BCUT2D eigenvalue weighted by molar-refractivity contribution is 5.05. The zero-order valence-corrected chi connectivity index (χ0v) is 31.4. The van der Waals surface area contributed by atoms with Crippen LogP contribution < -0.4 is 0 Å². The average Bonchev–Trinajstić information content (AvgIpc) is 2.88. The summed E-state index contributed by atoms with van der Waals surface area (Å²) in [6, 6.07) is 0. The summed E-state index contributed by atoms with van der Waals surface area (Å²) < 4.78 is 0. The fraction of sp³-hybridized carbons (Fsp3) is 1.00. The van der Waals surface area contributed by atoms with Crippen LogP contribution in [0.3, 0.4) is 0 Å². The van der Waals surface area contributed by atoms with Crippen molar-refractivity contribution in [2.45, 2.75) is 176 Å². The topological polar surface area (TPSA) is 0 Å². The summed E-state index contributed by atoms with van der Waals surface area (Å²) in [7, 11) is 0. The smallest absolute Gasteiger partial charge is 0.0218 e. The molecule has 0 saturated heterocycles. The first-order chi connectivity index (χ1) is 18.4. The maximum atomic E-state index is 2.74. The lowest BCUT2D eigenvalue weighted by Gasteiger charge is -2.61. The number of hydrogen-bond acceptors (Lipinski definition) is 0. The molecule has 0 spiro atoms. The minimum atomic E-state index is 0.282. The quantitative estimate of drug-likeness (QED) is 0.277. The predicted octanol–water partition coefficient (Wildman–Crippen LogP) is 13.6. The standard InChI is InChI=1S/C40H80/c1-19-30-26-28(10)31(20-2)33(22-4)36(25-7)39(16,17)38(14,15)35(24-6)32(21-3)29(11)34(23-5)40(18,27(8)9)37(30,12)13/h27-36H,19-26H2,1-18H3. The van der Waals surface area contributed by atoms with E-state index in [0.717, 1.165) is 53.3 Å². The molecule has 0 heterocycles. The van der Waals surface area contributed by atoms with Crippen LogP contribution in [0.2, 0.25) is 0 Å². The summed E-state index contributed by atoms with van der Waals surface area (Å²) in [4.78, 5) is 0. The van der Waals surface area contributed by atoms with Crippen LogP contribution in [-0.4, -0.2) is 0 Å². The molecule has 0 radical (unpaired) electrons. The van der Waals surface area contributed by atoms with E-state index in [9.17, 15) is 0 Å². The molecular formula is C40H80. The molecule has 0 aromatic carbocycles. The van der Waals surface area contributed by atoms with Gasteiger partial charge in [0, 0.05) is 0 Å². The largest absolute Gasteiger partial charge is 0.0651 e. The van der Waals surface area contributed by atoms with E-state index in [1.165, 1.54) is 51.4 Å². The third-order valence-corrected chi connectivity index (χ3v) is 15.4. The zero-order chi connectivity index (χ0) is 31.4. The maximum Gasteiger partial charge on any atom is -0.0218 e. The molecule has 0 aliphatic heterocycles. The Morgan fingerprint density at radius 1 is 0.500 bits per heavy atom. The fourth-order valence-electron chi connectivity index (χ4n) is 12.0. The highest BCUT2D eigenvalue weighted by atomic mass is 14.6. The molecular weight excluding hydrogens is 480 g/mol. The van der Waals surface area contributed by atoms with Crippen LogP contribution in [0.1, 0.15) is 176 Å². The van der Waals surface area contributed by atoms with E-state index in [1.807, 2.05) is 0 Å². The Morgan fingerprint density at radius 2 is 0.900 bits per heavy atom. The highest BCUT2D eigenvalue weighted by Gasteiger charge is 2.57. The van der Waals surface area contributed by atoms with Crippen LogP contribution in [0, 0.1) is 80.8 Å². The van der Waals surface area contributed by atoms with E-state index >= 15 is 0 Å². The molecule has 1 aliphatic carbocycles. The first kappa shape index (κ1) is 38.0. The molecule has 0 bridgehead atoms. The lowest BCUT2D eigenvalue weighted by molar-refractivity contribution is -0.128. The van der Waals surface area contributed by atoms with Crippen molar-refractivity contribution in [1.29, 1.82) is 0 Å². The van der Waals surface area contributed by atoms with Gasteiger partial charge in [-0.25, -0.2) is 0 Å². The minimum Gasteiger partial charge on any atom is -0.0651 e. The second kappa shape index (κ2) is 14.7. The Labute approximate surface area is 256 Å². The van der Waals surface area contributed by atoms with Gasteiger partial charge in [-0.1, -0.05) is 170 Å². The van der Waals surface area contributed by atoms with E-state index < -0.39 is 0 Å². The van der Waals surface area contributed by atoms with Crippen LogP contribution in [0.5, 0.6) is 0 Å². The van der Waals surface area contributed by atoms with Crippen molar-refractivity contribution in [3.8, 4) is 0 Å². The molecule has 1 fully saturated rings. The average molecular weight is 561 g/mol. The van der Waals surface area contributed by atoms with Gasteiger partial charge in [0.2, 0.25) is 0 Å². The van der Waals surface area contributed by atoms with Gasteiger partial charge in [-0.2, -0.15) is 0 Å². The molecule has 1 saturated carbocycles. The third-order valence-electron chi connectivity index (χ3n) is 15.4. The van der Waals surface area contributed by atoms with Crippen LogP contribution in [0.15, 0.2) is 0 Å². The summed E-state index contributed by atoms with van der Waals surface area (Å²) in [6.45, 7) is 47.0. The zero-order valence-electron chi connectivity index (χ0n) is 31.4. The second-order valence-corrected chi connectivity index (χ2v) is 17.0. The van der Waals surface area contributed by atoms with Crippen molar-refractivity contribution in [3.63, 3.8) is 0 Å². The van der Waals surface area contributed by atoms with E-state index in [-0.39, 0.29) is 5.41 Å². The Hall–Kier alpha value is 0. The number of hydrogen-bond donors (Lipinski definition) is 0. The molecule has 0 N–H and O–H groups in total. The van der Waals surface area contributed by atoms with Crippen molar-refractivity contribution in [2.24, 2.45) is 80.8 Å². The van der Waals surface area contributed by atoms with Crippen molar-refractivity contribution in [1.82, 2.24) is 0 Å². The van der Waals surface area contributed by atoms with Crippen molar-refractivity contribution in [2.75, 3.05) is 0 Å². The van der Waals surface area contributed by atoms with Crippen molar-refractivity contribution >= 4 is 0 Å². The molecule has 10 unspecified atom stereocenters. The molecule has 1 rings (SSSR count). The Kier molecular flexibility index (Phi) is 13.9. The monoisotopic (exact) mass is 561 g/mol. The van der Waals surface area contributed by atoms with Crippen LogP contribution in [0.25, 0.3) is 0 Å². The van der Waals surface area contributed by atoms with E-state index in [0.29, 0.717) is 22.2 Å². The molecule has 240 valence electrons. The van der Waals surface area contributed by atoms with Crippen LogP contribution in [0.4, 0.5) is 0 Å². The van der Waals surface area contributed by atoms with E-state index in [1.54, 1.807) is 0 Å². The molecule has 1 aliphatic rings. The van der Waals surface area contributed by atoms with E-state index in [4.69, 9.17) is 0 Å². The molecule has 0 heteroatoms. The van der Waals surface area contributed by atoms with Gasteiger partial charge >= 0.3 is 0 Å². The normalized spacial score (nSPS) is 41.0. The van der Waals surface area contributed by atoms with Crippen molar-refractivity contribution < 1.29 is 0 Å². The first-order valence-electron chi connectivity index (χ1n) is 18.4. The van der Waals surface area contributed by atoms with Gasteiger partial charge in [-0.3, -0.25) is 0 Å². The molecule has 0 aromatic rings. The highest BCUT2D eigenvalue weighted by Crippen LogP contribution is 2.63. The lowest BCUT2D eigenvalue weighted by Crippen LogP contribution is -2.55. The van der Waals surface area contributed by atoms with Crippen LogP contribution in [-0.2, 0) is 0 Å². The second-order valence-electron chi connectivity index (χ2n) is 17.0. The third kappa shape index (κ3) is 6.42. The Bertz CT molecular complexity index is 724. The molecule has 0 nitrogen and oxygen atoms in total. The molecule has 0 amide bonds. The Balaban J connectivity index is 4.17. The van der Waals surface area contributed by atoms with Gasteiger partial charge in [0.1, 0.15) is 0 Å². The molecule has 10 atom stereocenters. The number of rotatable bonds is 8. The van der Waals surface area contributed by atoms with Gasteiger partial charge in [0.25, 0.3) is 0 Å². The van der Waals surface area contributed by atoms with Gasteiger partial charge in [0.15, 0.2) is 0 Å². The van der Waals surface area contributed by atoms with Gasteiger partial charge in [0.05, 0.1) is 0 Å². The summed E-state index contributed by atoms with van der Waals surface area (Å²) in [5.74, 6) is 7.55. The summed E-state index contributed by atoms with van der Waals surface area (Å²) in [5, 5.41) is 0.